The van der Waals surface area contributed by atoms with Crippen LogP contribution in [0.15, 0.2) is 41.5 Å². The lowest BCUT2D eigenvalue weighted by atomic mass is 10.1. The Kier molecular flexibility index (Phi) is 5.24. The Morgan fingerprint density at radius 2 is 2.15 bits per heavy atom. The highest BCUT2D eigenvalue weighted by Crippen LogP contribution is 2.35. The van der Waals surface area contributed by atoms with Gasteiger partial charge in [0.05, 0.1) is 29.3 Å². The second kappa shape index (κ2) is 7.60. The van der Waals surface area contributed by atoms with E-state index in [1.165, 1.54) is 24.5 Å². The highest BCUT2D eigenvalue weighted by Gasteiger charge is 2.19. The summed E-state index contributed by atoms with van der Waals surface area (Å²) < 4.78 is 5.83. The Morgan fingerprint density at radius 1 is 1.41 bits per heavy atom. The number of ether oxygens (including phenoxy) is 1. The van der Waals surface area contributed by atoms with Crippen LogP contribution in [0.5, 0.6) is 11.5 Å². The van der Waals surface area contributed by atoms with Crippen molar-refractivity contribution in [1.82, 2.24) is 5.43 Å². The summed E-state index contributed by atoms with van der Waals surface area (Å²) in [6.45, 7) is 0. The van der Waals surface area contributed by atoms with Crippen LogP contribution < -0.4 is 10.2 Å². The van der Waals surface area contributed by atoms with E-state index in [1.807, 2.05) is 24.3 Å². The molecule has 1 aromatic heterocycles. The third-order valence-electron chi connectivity index (χ3n) is 3.64. The summed E-state index contributed by atoms with van der Waals surface area (Å²) in [5, 5.41) is 25.8. The van der Waals surface area contributed by atoms with Gasteiger partial charge in [0, 0.05) is 15.6 Å². The number of phenolic OH excluding ortho intramolecular Hbond substituents is 1. The average molecular weight is 406 g/mol. The molecule has 0 radical (unpaired) electrons. The number of halogens is 1. The molecule has 3 aromatic rings. The van der Waals surface area contributed by atoms with Crippen LogP contribution in [0.1, 0.15) is 15.2 Å². The predicted octanol–water partition coefficient (Wildman–Crippen LogP) is 3.94. The smallest absolute Gasteiger partial charge is 0.315 e. The Balaban J connectivity index is 1.84. The zero-order valence-corrected chi connectivity index (χ0v) is 15.4. The number of rotatable bonds is 5. The summed E-state index contributed by atoms with van der Waals surface area (Å²) in [4.78, 5) is 22.9. The van der Waals surface area contributed by atoms with Crippen LogP contribution >= 0.6 is 22.9 Å². The number of benzene rings is 2. The van der Waals surface area contributed by atoms with E-state index in [-0.39, 0.29) is 16.2 Å². The molecule has 27 heavy (non-hydrogen) atoms. The number of nitrogens with one attached hydrogen (secondary N) is 1. The van der Waals surface area contributed by atoms with Gasteiger partial charge in [0.1, 0.15) is 10.6 Å². The maximum Gasteiger partial charge on any atom is 0.315 e. The summed E-state index contributed by atoms with van der Waals surface area (Å²) in [5.41, 5.74) is 1.78. The van der Waals surface area contributed by atoms with E-state index in [1.54, 1.807) is 0 Å². The Bertz CT molecular complexity index is 1080. The molecular formula is C17H12ClN3O5S. The molecule has 0 saturated heterocycles. The Hall–Kier alpha value is -3.17. The number of phenols is 1. The molecule has 138 valence electrons. The number of thiophene rings is 1. The fourth-order valence-electron chi connectivity index (χ4n) is 2.34. The van der Waals surface area contributed by atoms with Gasteiger partial charge in [0.15, 0.2) is 0 Å². The van der Waals surface area contributed by atoms with E-state index < -0.39 is 22.3 Å². The molecule has 3 rings (SSSR count). The molecular weight excluding hydrogens is 394 g/mol. The van der Waals surface area contributed by atoms with Gasteiger partial charge < -0.3 is 9.84 Å². The average Bonchev–Trinajstić information content (AvgIpc) is 3.00. The van der Waals surface area contributed by atoms with Crippen LogP contribution in [0, 0.1) is 10.1 Å². The molecule has 8 nitrogen and oxygen atoms in total. The second-order valence-corrected chi connectivity index (χ2v) is 6.71. The first-order chi connectivity index (χ1) is 12.9. The maximum atomic E-state index is 12.3. The van der Waals surface area contributed by atoms with Crippen LogP contribution in [0.4, 0.5) is 5.69 Å². The quantitative estimate of drug-likeness (QED) is 0.379. The number of nitro groups is 1. The molecule has 1 amide bonds. The van der Waals surface area contributed by atoms with Gasteiger partial charge in [0.2, 0.25) is 5.75 Å². The largest absolute Gasteiger partial charge is 0.502 e. The number of aromatic hydroxyl groups is 1. The van der Waals surface area contributed by atoms with Crippen molar-refractivity contribution in [3.63, 3.8) is 0 Å². The van der Waals surface area contributed by atoms with Crippen LogP contribution in [-0.2, 0) is 0 Å². The van der Waals surface area contributed by atoms with E-state index in [2.05, 4.69) is 10.5 Å². The normalized spacial score (nSPS) is 11.0. The third kappa shape index (κ3) is 3.69. The fraction of sp³-hybridized carbons (Fsp3) is 0.0588. The maximum absolute atomic E-state index is 12.3. The molecule has 0 bridgehead atoms. The van der Waals surface area contributed by atoms with Gasteiger partial charge in [-0.3, -0.25) is 14.9 Å². The summed E-state index contributed by atoms with van der Waals surface area (Å²) in [7, 11) is 1.34. The Morgan fingerprint density at radius 3 is 2.81 bits per heavy atom. The first kappa shape index (κ1) is 18.6. The van der Waals surface area contributed by atoms with Gasteiger partial charge >= 0.3 is 5.69 Å². The Labute approximate surface area is 161 Å². The van der Waals surface area contributed by atoms with Crippen LogP contribution in [0.3, 0.4) is 0 Å². The highest BCUT2D eigenvalue weighted by atomic mass is 35.5. The summed E-state index contributed by atoms with van der Waals surface area (Å²) in [6.07, 6.45) is 1.09. The van der Waals surface area contributed by atoms with Gasteiger partial charge in [-0.25, -0.2) is 5.43 Å². The minimum absolute atomic E-state index is 0.0174. The zero-order valence-electron chi connectivity index (χ0n) is 13.8. The number of carbonyl (C=O) groups excluding carboxylic acids is 1. The number of fused-ring (bicyclic) bond motifs is 1. The van der Waals surface area contributed by atoms with Crippen LogP contribution in [-0.4, -0.2) is 29.3 Å². The lowest BCUT2D eigenvalue weighted by Gasteiger charge is -2.04. The van der Waals surface area contributed by atoms with E-state index in [0.717, 1.165) is 22.4 Å². The molecule has 2 N–H and O–H groups in total. The van der Waals surface area contributed by atoms with E-state index in [9.17, 15) is 20.0 Å². The van der Waals surface area contributed by atoms with Gasteiger partial charge in [-0.05, 0) is 12.1 Å². The monoisotopic (exact) mass is 405 g/mol. The van der Waals surface area contributed by atoms with Crippen molar-refractivity contribution in [3.05, 3.63) is 62.0 Å². The SMILES string of the molecule is COc1cc(/C=N\NC(=O)c2sc3ccccc3c2Cl)c(O)c([N+](=O)[O-])c1. The first-order valence-electron chi connectivity index (χ1n) is 7.48. The molecule has 0 atom stereocenters. The lowest BCUT2D eigenvalue weighted by molar-refractivity contribution is -0.385. The molecule has 0 unspecified atom stereocenters. The molecule has 1 heterocycles. The number of hydrazone groups is 1. The van der Waals surface area contributed by atoms with E-state index in [0.29, 0.717) is 5.02 Å². The minimum Gasteiger partial charge on any atom is -0.502 e. The molecule has 10 heteroatoms. The van der Waals surface area contributed by atoms with Crippen molar-refractivity contribution >= 4 is 50.8 Å². The van der Waals surface area contributed by atoms with Crippen molar-refractivity contribution in [1.29, 1.82) is 0 Å². The standard InChI is InChI=1S/C17H12ClN3O5S/c1-26-10-6-9(15(22)12(7-10)21(24)25)8-19-20-17(23)16-14(18)11-4-2-3-5-13(11)27-16/h2-8,22H,1H3,(H,20,23)/b19-8-. The number of nitrogens with zero attached hydrogens (tertiary/aromatic N) is 2. The van der Waals surface area contributed by atoms with Gasteiger partial charge in [-0.2, -0.15) is 5.10 Å². The number of hydrogen-bond donors (Lipinski definition) is 2. The number of hydrogen-bond acceptors (Lipinski definition) is 7. The van der Waals surface area contributed by atoms with Crippen molar-refractivity contribution in [2.24, 2.45) is 5.10 Å². The number of carbonyl (C=O) groups is 1. The molecule has 2 aromatic carbocycles. The molecule has 0 aliphatic carbocycles. The minimum atomic E-state index is -0.745. The predicted molar refractivity (Wildman–Crippen MR) is 103 cm³/mol. The number of amides is 1. The molecule has 0 saturated carbocycles. The number of methoxy groups -OCH3 is 1. The number of nitro benzene ring substituents is 1. The summed E-state index contributed by atoms with van der Waals surface area (Å²) >= 11 is 7.45. The van der Waals surface area contributed by atoms with Crippen molar-refractivity contribution < 1.29 is 19.6 Å². The van der Waals surface area contributed by atoms with E-state index >= 15 is 0 Å². The zero-order chi connectivity index (χ0) is 19.6. The summed E-state index contributed by atoms with van der Waals surface area (Å²) in [5.74, 6) is -0.951. The summed E-state index contributed by atoms with van der Waals surface area (Å²) in [6, 6.07) is 9.75. The van der Waals surface area contributed by atoms with Crippen LogP contribution in [0.2, 0.25) is 5.02 Å². The second-order valence-electron chi connectivity index (χ2n) is 5.28. The fourth-order valence-corrected chi connectivity index (χ4v) is 3.75. The van der Waals surface area contributed by atoms with Crippen molar-refractivity contribution in [2.45, 2.75) is 0 Å². The van der Waals surface area contributed by atoms with Gasteiger partial charge in [-0.1, -0.05) is 29.8 Å². The third-order valence-corrected chi connectivity index (χ3v) is 5.31. The molecule has 0 aliphatic rings. The first-order valence-corrected chi connectivity index (χ1v) is 8.67. The molecule has 0 fully saturated rings. The highest BCUT2D eigenvalue weighted by molar-refractivity contribution is 7.21. The van der Waals surface area contributed by atoms with Crippen molar-refractivity contribution in [3.8, 4) is 11.5 Å². The van der Waals surface area contributed by atoms with E-state index in [4.69, 9.17) is 16.3 Å². The molecule has 0 spiro atoms. The van der Waals surface area contributed by atoms with Crippen molar-refractivity contribution in [2.75, 3.05) is 7.11 Å². The topological polar surface area (TPSA) is 114 Å². The van der Waals surface area contributed by atoms with Gasteiger partial charge in [-0.15, -0.1) is 11.3 Å². The lowest BCUT2D eigenvalue weighted by Crippen LogP contribution is -2.16. The van der Waals surface area contributed by atoms with Crippen LogP contribution in [0.25, 0.3) is 10.1 Å². The molecule has 0 aliphatic heterocycles. The van der Waals surface area contributed by atoms with Gasteiger partial charge in [0.25, 0.3) is 5.91 Å².